The number of hydrogen-bond donors (Lipinski definition) is 2. The van der Waals surface area contributed by atoms with Gasteiger partial charge in [-0.2, -0.15) is 0 Å². The van der Waals surface area contributed by atoms with Gasteiger partial charge in [-0.1, -0.05) is 26.2 Å². The number of nitrogens with one attached hydrogen (secondary N) is 2. The number of guanidine groups is 1. The third-order valence-electron chi connectivity index (χ3n) is 2.79. The number of hydrogen-bond acceptors (Lipinski definition) is 2. The van der Waals surface area contributed by atoms with E-state index >= 15 is 0 Å². The molecule has 0 aromatic carbocycles. The first-order valence-electron chi connectivity index (χ1n) is 6.83. The van der Waals surface area contributed by atoms with E-state index in [2.05, 4.69) is 22.5 Å². The molecule has 0 radical (unpaired) electrons. The van der Waals surface area contributed by atoms with E-state index < -0.39 is 0 Å². The van der Waals surface area contributed by atoms with Gasteiger partial charge < -0.3 is 15.1 Å². The fourth-order valence-electron chi connectivity index (χ4n) is 1.74. The Hall–Kier alpha value is -0.720. The smallest absolute Gasteiger partial charge is 0.190 e. The second kappa shape index (κ2) is 12.3. The largest absolute Gasteiger partial charge is 0.469 e. The van der Waals surface area contributed by atoms with Gasteiger partial charge in [-0.25, -0.2) is 0 Å². The lowest BCUT2D eigenvalue weighted by Crippen LogP contribution is -2.38. The molecule has 4 nitrogen and oxygen atoms in total. The Morgan fingerprint density at radius 1 is 1.21 bits per heavy atom. The standard InChI is InChI=1S/C14H25N3O.HI/c1-3-4-5-6-10-16-14(15-2)17-11-9-13-8-7-12-18-13;/h7-8,12H,3-6,9-11H2,1-2H3,(H2,15,16,17);1H. The van der Waals surface area contributed by atoms with Crippen molar-refractivity contribution in [2.24, 2.45) is 4.99 Å². The first-order valence-corrected chi connectivity index (χ1v) is 6.83. The maximum atomic E-state index is 5.27. The molecular formula is C14H26IN3O. The second-order valence-electron chi connectivity index (χ2n) is 4.32. The van der Waals surface area contributed by atoms with Crippen molar-refractivity contribution in [2.45, 2.75) is 39.0 Å². The van der Waals surface area contributed by atoms with Crippen LogP contribution in [0.2, 0.25) is 0 Å². The van der Waals surface area contributed by atoms with Gasteiger partial charge in [0.15, 0.2) is 5.96 Å². The van der Waals surface area contributed by atoms with Crippen LogP contribution in [0, 0.1) is 0 Å². The summed E-state index contributed by atoms with van der Waals surface area (Å²) in [7, 11) is 1.80. The lowest BCUT2D eigenvalue weighted by molar-refractivity contribution is 0.506. The summed E-state index contributed by atoms with van der Waals surface area (Å²) < 4.78 is 5.27. The van der Waals surface area contributed by atoms with Crippen LogP contribution in [-0.2, 0) is 6.42 Å². The molecule has 19 heavy (non-hydrogen) atoms. The predicted octanol–water partition coefficient (Wildman–Crippen LogP) is 3.19. The van der Waals surface area contributed by atoms with Gasteiger partial charge in [0.2, 0.25) is 0 Å². The normalized spacial score (nSPS) is 10.9. The highest BCUT2D eigenvalue weighted by atomic mass is 127. The minimum Gasteiger partial charge on any atom is -0.469 e. The zero-order chi connectivity index (χ0) is 13.1. The summed E-state index contributed by atoms with van der Waals surface area (Å²) in [6.45, 7) is 4.05. The summed E-state index contributed by atoms with van der Waals surface area (Å²) >= 11 is 0. The van der Waals surface area contributed by atoms with Crippen LogP contribution in [0.5, 0.6) is 0 Å². The molecule has 0 spiro atoms. The third-order valence-corrected chi connectivity index (χ3v) is 2.79. The van der Waals surface area contributed by atoms with Crippen molar-refractivity contribution in [3.63, 3.8) is 0 Å². The first kappa shape index (κ1) is 18.3. The second-order valence-corrected chi connectivity index (χ2v) is 4.32. The Morgan fingerprint density at radius 3 is 2.63 bits per heavy atom. The SMILES string of the molecule is CCCCCCNC(=NC)NCCc1ccco1.I. The monoisotopic (exact) mass is 379 g/mol. The summed E-state index contributed by atoms with van der Waals surface area (Å²) in [5.74, 6) is 1.87. The maximum absolute atomic E-state index is 5.27. The van der Waals surface area contributed by atoms with E-state index in [1.165, 1.54) is 25.7 Å². The number of rotatable bonds is 8. The number of halogens is 1. The molecule has 5 heteroatoms. The Labute approximate surface area is 133 Å². The molecule has 0 saturated heterocycles. The average Bonchev–Trinajstić information content (AvgIpc) is 2.89. The molecule has 2 N–H and O–H groups in total. The summed E-state index contributed by atoms with van der Waals surface area (Å²) in [5, 5.41) is 6.59. The van der Waals surface area contributed by atoms with Gasteiger partial charge in [0.05, 0.1) is 6.26 Å². The summed E-state index contributed by atoms with van der Waals surface area (Å²) in [6.07, 6.45) is 7.65. The van der Waals surface area contributed by atoms with Gasteiger partial charge in [-0.15, -0.1) is 24.0 Å². The van der Waals surface area contributed by atoms with Gasteiger partial charge in [0, 0.05) is 26.6 Å². The van der Waals surface area contributed by atoms with Crippen molar-refractivity contribution in [2.75, 3.05) is 20.1 Å². The van der Waals surface area contributed by atoms with Gasteiger partial charge in [-0.05, 0) is 18.6 Å². The molecule has 0 aliphatic rings. The van der Waals surface area contributed by atoms with Crippen molar-refractivity contribution in [3.8, 4) is 0 Å². The zero-order valence-corrected chi connectivity index (χ0v) is 14.3. The molecule has 110 valence electrons. The van der Waals surface area contributed by atoms with Crippen molar-refractivity contribution >= 4 is 29.9 Å². The van der Waals surface area contributed by atoms with Crippen molar-refractivity contribution in [1.29, 1.82) is 0 Å². The first-order chi connectivity index (χ1) is 8.86. The molecule has 0 amide bonds. The number of furan rings is 1. The van der Waals surface area contributed by atoms with Gasteiger partial charge in [0.1, 0.15) is 5.76 Å². The highest BCUT2D eigenvalue weighted by Gasteiger charge is 1.98. The summed E-state index contributed by atoms with van der Waals surface area (Å²) in [6, 6.07) is 3.90. The van der Waals surface area contributed by atoms with Crippen molar-refractivity contribution in [3.05, 3.63) is 24.2 Å². The van der Waals surface area contributed by atoms with Gasteiger partial charge in [0.25, 0.3) is 0 Å². The van der Waals surface area contributed by atoms with Crippen LogP contribution in [0.25, 0.3) is 0 Å². The fraction of sp³-hybridized carbons (Fsp3) is 0.643. The molecule has 1 rings (SSSR count). The number of nitrogens with zero attached hydrogens (tertiary/aromatic N) is 1. The fourth-order valence-corrected chi connectivity index (χ4v) is 1.74. The van der Waals surface area contributed by atoms with E-state index in [4.69, 9.17) is 4.42 Å². The van der Waals surface area contributed by atoms with E-state index in [1.54, 1.807) is 13.3 Å². The van der Waals surface area contributed by atoms with E-state index in [9.17, 15) is 0 Å². The molecule has 1 aromatic rings. The molecule has 0 bridgehead atoms. The molecule has 0 saturated carbocycles. The Kier molecular flexibility index (Phi) is 11.9. The van der Waals surface area contributed by atoms with Crippen LogP contribution >= 0.6 is 24.0 Å². The quantitative estimate of drug-likeness (QED) is 0.316. The van der Waals surface area contributed by atoms with Crippen LogP contribution in [0.1, 0.15) is 38.4 Å². The molecular weight excluding hydrogens is 353 g/mol. The Bertz CT molecular complexity index is 325. The lowest BCUT2D eigenvalue weighted by atomic mass is 10.2. The average molecular weight is 379 g/mol. The van der Waals surface area contributed by atoms with Crippen LogP contribution in [0.3, 0.4) is 0 Å². The summed E-state index contributed by atoms with van der Waals surface area (Å²) in [5.41, 5.74) is 0. The molecule has 0 fully saturated rings. The van der Waals surface area contributed by atoms with E-state index in [1.807, 2.05) is 12.1 Å². The topological polar surface area (TPSA) is 49.6 Å². The highest BCUT2D eigenvalue weighted by Crippen LogP contribution is 1.99. The molecule has 1 heterocycles. The summed E-state index contributed by atoms with van der Waals surface area (Å²) in [4.78, 5) is 4.19. The Morgan fingerprint density at radius 2 is 2.00 bits per heavy atom. The van der Waals surface area contributed by atoms with Gasteiger partial charge >= 0.3 is 0 Å². The Balaban J connectivity index is 0.00000324. The third kappa shape index (κ3) is 8.91. The zero-order valence-electron chi connectivity index (χ0n) is 11.9. The number of unbranched alkanes of at least 4 members (excludes halogenated alkanes) is 3. The molecule has 0 atom stereocenters. The van der Waals surface area contributed by atoms with E-state index in [-0.39, 0.29) is 24.0 Å². The lowest BCUT2D eigenvalue weighted by Gasteiger charge is -2.11. The number of aliphatic imine (C=N–C) groups is 1. The van der Waals surface area contributed by atoms with Crippen molar-refractivity contribution in [1.82, 2.24) is 10.6 Å². The van der Waals surface area contributed by atoms with Crippen LogP contribution < -0.4 is 10.6 Å². The minimum atomic E-state index is 0. The van der Waals surface area contributed by atoms with Crippen LogP contribution in [-0.4, -0.2) is 26.1 Å². The van der Waals surface area contributed by atoms with E-state index in [0.29, 0.717) is 0 Å². The highest BCUT2D eigenvalue weighted by molar-refractivity contribution is 14.0. The molecule has 0 unspecified atom stereocenters. The van der Waals surface area contributed by atoms with Crippen molar-refractivity contribution < 1.29 is 4.42 Å². The maximum Gasteiger partial charge on any atom is 0.190 e. The minimum absolute atomic E-state index is 0. The van der Waals surface area contributed by atoms with E-state index in [0.717, 1.165) is 31.2 Å². The van der Waals surface area contributed by atoms with Gasteiger partial charge in [-0.3, -0.25) is 4.99 Å². The molecule has 0 aliphatic heterocycles. The van der Waals surface area contributed by atoms with Crippen LogP contribution in [0.4, 0.5) is 0 Å². The van der Waals surface area contributed by atoms with Crippen LogP contribution in [0.15, 0.2) is 27.8 Å². The molecule has 0 aliphatic carbocycles. The molecule has 1 aromatic heterocycles. The predicted molar refractivity (Wildman–Crippen MR) is 91.3 cm³/mol.